The van der Waals surface area contributed by atoms with E-state index in [1.165, 1.54) is 18.4 Å². The van der Waals surface area contributed by atoms with E-state index in [0.717, 1.165) is 77.2 Å². The molecule has 2 fully saturated rings. The molecule has 9 nitrogen and oxygen atoms in total. The van der Waals surface area contributed by atoms with Gasteiger partial charge in [-0.05, 0) is 49.9 Å². The number of hydrogen-bond acceptors (Lipinski definition) is 8. The van der Waals surface area contributed by atoms with E-state index in [2.05, 4.69) is 59.9 Å². The summed E-state index contributed by atoms with van der Waals surface area (Å²) in [5.41, 5.74) is 2.50. The van der Waals surface area contributed by atoms with Gasteiger partial charge in [0.15, 0.2) is 0 Å². The van der Waals surface area contributed by atoms with Crippen molar-refractivity contribution in [3.8, 4) is 0 Å². The van der Waals surface area contributed by atoms with Crippen molar-refractivity contribution in [3.63, 3.8) is 0 Å². The number of nitrogens with one attached hydrogen (secondary N) is 3. The summed E-state index contributed by atoms with van der Waals surface area (Å²) >= 11 is 0. The van der Waals surface area contributed by atoms with Crippen LogP contribution in [-0.2, 0) is 6.42 Å². The Morgan fingerprint density at radius 1 is 0.941 bits per heavy atom. The first-order chi connectivity index (χ1) is 16.8. The van der Waals surface area contributed by atoms with Crippen LogP contribution in [-0.4, -0.2) is 70.9 Å². The minimum Gasteiger partial charge on any atom is -0.341 e. The number of anilines is 3. The molecule has 2 aliphatic heterocycles. The lowest BCUT2D eigenvalue weighted by Crippen LogP contribution is -2.43. The molecule has 3 N–H and O–H groups in total. The molecule has 4 heterocycles. The molecule has 0 saturated carbocycles. The second kappa shape index (κ2) is 10.9. The monoisotopic (exact) mass is 462 g/mol. The van der Waals surface area contributed by atoms with Gasteiger partial charge in [0.25, 0.3) is 5.56 Å². The molecule has 3 aromatic rings. The zero-order chi connectivity index (χ0) is 23.2. The Morgan fingerprint density at radius 2 is 1.71 bits per heavy atom. The van der Waals surface area contributed by atoms with Crippen molar-refractivity contribution in [1.29, 1.82) is 0 Å². The summed E-state index contributed by atoms with van der Waals surface area (Å²) in [4.78, 5) is 26.8. The smallest absolute Gasteiger partial charge is 0.277 e. The number of aromatic nitrogens is 4. The first kappa shape index (κ1) is 22.7. The molecule has 0 amide bonds. The number of benzene rings is 1. The first-order valence-electron chi connectivity index (χ1n) is 12.6. The fourth-order valence-electron chi connectivity index (χ4n) is 4.83. The molecule has 0 atom stereocenters. The normalized spacial score (nSPS) is 17.6. The van der Waals surface area contributed by atoms with Crippen molar-refractivity contribution in [2.45, 2.75) is 38.5 Å². The Bertz CT molecular complexity index is 1130. The molecule has 1 aromatic carbocycles. The van der Waals surface area contributed by atoms with Crippen LogP contribution in [0.4, 0.5) is 17.5 Å². The van der Waals surface area contributed by atoms with Crippen molar-refractivity contribution in [2.75, 3.05) is 56.0 Å². The second-order valence-electron chi connectivity index (χ2n) is 9.25. The SMILES string of the molecule is O=c1[nH]ncc2nc(N3CCCCCC3)nc(Nc3ccc(CCCN4CCNCC4)cc3)c12. The molecular weight excluding hydrogens is 428 g/mol. The molecule has 2 aliphatic rings. The maximum atomic E-state index is 12.6. The van der Waals surface area contributed by atoms with Gasteiger partial charge in [0.1, 0.15) is 16.7 Å². The van der Waals surface area contributed by atoms with E-state index in [9.17, 15) is 4.79 Å². The minimum atomic E-state index is -0.285. The van der Waals surface area contributed by atoms with Crippen LogP contribution in [0.2, 0.25) is 0 Å². The standard InChI is InChI=1S/C25H34N8O/c34-24-22-21(18-27-31-24)29-25(33-14-3-1-2-4-15-33)30-23(22)28-20-9-7-19(8-10-20)6-5-13-32-16-11-26-12-17-32/h7-10,18,26H,1-6,11-17H2,(H,31,34)(H,28,29,30). The van der Waals surface area contributed by atoms with Gasteiger partial charge >= 0.3 is 0 Å². The van der Waals surface area contributed by atoms with E-state index >= 15 is 0 Å². The third kappa shape index (κ3) is 5.53. The number of piperazine rings is 1. The highest BCUT2D eigenvalue weighted by atomic mass is 16.1. The van der Waals surface area contributed by atoms with Crippen LogP contribution in [0.3, 0.4) is 0 Å². The first-order valence-corrected chi connectivity index (χ1v) is 12.6. The van der Waals surface area contributed by atoms with Crippen LogP contribution in [0.5, 0.6) is 0 Å². The molecule has 9 heteroatoms. The maximum absolute atomic E-state index is 12.6. The van der Waals surface area contributed by atoms with E-state index in [0.29, 0.717) is 22.7 Å². The fraction of sp³-hybridized carbons (Fsp3) is 0.520. The predicted octanol–water partition coefficient (Wildman–Crippen LogP) is 2.67. The molecule has 0 aliphatic carbocycles. The van der Waals surface area contributed by atoms with Gasteiger partial charge in [-0.2, -0.15) is 10.1 Å². The highest BCUT2D eigenvalue weighted by molar-refractivity contribution is 5.90. The molecule has 0 bridgehead atoms. The van der Waals surface area contributed by atoms with Crippen LogP contribution in [0.25, 0.3) is 10.9 Å². The highest BCUT2D eigenvalue weighted by Crippen LogP contribution is 2.25. The van der Waals surface area contributed by atoms with Crippen LogP contribution >= 0.6 is 0 Å². The van der Waals surface area contributed by atoms with Gasteiger partial charge in [-0.1, -0.05) is 25.0 Å². The third-order valence-electron chi connectivity index (χ3n) is 6.76. The van der Waals surface area contributed by atoms with Crippen molar-refractivity contribution >= 4 is 28.4 Å². The van der Waals surface area contributed by atoms with E-state index < -0.39 is 0 Å². The lowest BCUT2D eigenvalue weighted by molar-refractivity contribution is 0.238. The zero-order valence-electron chi connectivity index (χ0n) is 19.7. The Kier molecular flexibility index (Phi) is 7.31. The van der Waals surface area contributed by atoms with Crippen LogP contribution in [0.1, 0.15) is 37.7 Å². The van der Waals surface area contributed by atoms with Crippen LogP contribution < -0.4 is 21.1 Å². The van der Waals surface area contributed by atoms with Crippen molar-refractivity contribution in [3.05, 3.63) is 46.4 Å². The number of H-pyrrole nitrogens is 1. The van der Waals surface area contributed by atoms with Gasteiger partial charge in [0.2, 0.25) is 5.95 Å². The predicted molar refractivity (Wildman–Crippen MR) is 136 cm³/mol. The number of fused-ring (bicyclic) bond motifs is 1. The Balaban J connectivity index is 1.31. The number of aryl methyl sites for hydroxylation is 1. The molecule has 0 spiro atoms. The van der Waals surface area contributed by atoms with Crippen LogP contribution in [0.15, 0.2) is 35.3 Å². The summed E-state index contributed by atoms with van der Waals surface area (Å²) in [5, 5.41) is 13.7. The van der Waals surface area contributed by atoms with Gasteiger partial charge in [0.05, 0.1) is 6.20 Å². The number of nitrogens with zero attached hydrogens (tertiary/aromatic N) is 5. The average molecular weight is 463 g/mol. The maximum Gasteiger partial charge on any atom is 0.277 e. The van der Waals surface area contributed by atoms with Gasteiger partial charge in [-0.15, -0.1) is 0 Å². The molecule has 34 heavy (non-hydrogen) atoms. The van der Waals surface area contributed by atoms with Gasteiger partial charge in [0, 0.05) is 45.0 Å². The van der Waals surface area contributed by atoms with E-state index in [-0.39, 0.29) is 5.56 Å². The van der Waals surface area contributed by atoms with E-state index in [1.807, 2.05) is 0 Å². The molecular formula is C25H34N8O. The largest absolute Gasteiger partial charge is 0.341 e. The zero-order valence-corrected chi connectivity index (χ0v) is 19.7. The molecule has 2 aromatic heterocycles. The Morgan fingerprint density at radius 3 is 2.47 bits per heavy atom. The average Bonchev–Trinajstić information content (AvgIpc) is 3.15. The second-order valence-corrected chi connectivity index (χ2v) is 9.25. The van der Waals surface area contributed by atoms with Crippen LogP contribution in [0, 0.1) is 0 Å². The summed E-state index contributed by atoms with van der Waals surface area (Å²) in [5.74, 6) is 1.19. The van der Waals surface area contributed by atoms with Gasteiger partial charge in [-0.3, -0.25) is 4.79 Å². The highest BCUT2D eigenvalue weighted by Gasteiger charge is 2.18. The van der Waals surface area contributed by atoms with E-state index in [4.69, 9.17) is 4.98 Å². The molecule has 5 rings (SSSR count). The molecule has 0 unspecified atom stereocenters. The van der Waals surface area contributed by atoms with Gasteiger partial charge in [-0.25, -0.2) is 10.1 Å². The number of hydrogen-bond donors (Lipinski definition) is 3. The van der Waals surface area contributed by atoms with Crippen molar-refractivity contribution in [1.82, 2.24) is 30.4 Å². The molecule has 180 valence electrons. The summed E-state index contributed by atoms with van der Waals surface area (Å²) in [7, 11) is 0. The molecule has 2 saturated heterocycles. The Hall–Kier alpha value is -3.04. The van der Waals surface area contributed by atoms with Crippen molar-refractivity contribution < 1.29 is 0 Å². The summed E-state index contributed by atoms with van der Waals surface area (Å²) in [6.07, 6.45) is 8.56. The summed E-state index contributed by atoms with van der Waals surface area (Å²) < 4.78 is 0. The summed E-state index contributed by atoms with van der Waals surface area (Å²) in [6.45, 7) is 7.49. The van der Waals surface area contributed by atoms with Gasteiger partial charge < -0.3 is 20.4 Å². The summed E-state index contributed by atoms with van der Waals surface area (Å²) in [6, 6.07) is 8.44. The molecule has 0 radical (unpaired) electrons. The number of rotatable bonds is 7. The lowest BCUT2D eigenvalue weighted by Gasteiger charge is -2.27. The van der Waals surface area contributed by atoms with Crippen molar-refractivity contribution in [2.24, 2.45) is 0 Å². The Labute approximate surface area is 200 Å². The quantitative estimate of drug-likeness (QED) is 0.493. The lowest BCUT2D eigenvalue weighted by atomic mass is 10.1. The fourth-order valence-corrected chi connectivity index (χ4v) is 4.83. The topological polar surface area (TPSA) is 102 Å². The minimum absolute atomic E-state index is 0.285. The third-order valence-corrected chi connectivity index (χ3v) is 6.76. The number of aromatic amines is 1. The van der Waals surface area contributed by atoms with E-state index in [1.54, 1.807) is 6.20 Å².